The number of nitrogens with zero attached hydrogens (tertiary/aromatic N) is 2. The minimum atomic E-state index is -0.885. The molecule has 8 nitrogen and oxygen atoms in total. The Labute approximate surface area is 170 Å². The van der Waals surface area contributed by atoms with E-state index >= 15 is 0 Å². The topological polar surface area (TPSA) is 99.2 Å². The molecule has 0 radical (unpaired) electrons. The van der Waals surface area contributed by atoms with E-state index in [2.05, 4.69) is 10.2 Å². The standard InChI is InChI=1S/C21H29N3O5/c1-29-17-5-3-2-4-16(17)23-12-14-24(15-13-23)19(26)7-10-21(11-8-20(27)28)9-6-18(25)22-21/h2-5H,6-15H2,1H3,(H,22,25)(H,27,28)/t21-/m0/s1. The quantitative estimate of drug-likeness (QED) is 0.685. The molecule has 1 aromatic carbocycles. The van der Waals surface area contributed by atoms with Crippen LogP contribution in [0, 0.1) is 0 Å². The van der Waals surface area contributed by atoms with Crippen molar-refractivity contribution in [1.29, 1.82) is 0 Å². The van der Waals surface area contributed by atoms with Crippen molar-refractivity contribution in [2.24, 2.45) is 0 Å². The van der Waals surface area contributed by atoms with E-state index < -0.39 is 11.5 Å². The number of rotatable bonds is 8. The molecule has 0 bridgehead atoms. The van der Waals surface area contributed by atoms with Crippen molar-refractivity contribution in [2.75, 3.05) is 38.2 Å². The molecule has 0 unspecified atom stereocenters. The number of anilines is 1. The fourth-order valence-electron chi connectivity index (χ4n) is 4.21. The zero-order valence-electron chi connectivity index (χ0n) is 16.9. The number of methoxy groups -OCH3 is 1. The van der Waals surface area contributed by atoms with Crippen molar-refractivity contribution in [2.45, 2.75) is 44.1 Å². The molecule has 2 amide bonds. The molecule has 0 saturated carbocycles. The largest absolute Gasteiger partial charge is 0.495 e. The summed E-state index contributed by atoms with van der Waals surface area (Å²) in [5.41, 5.74) is 0.466. The minimum absolute atomic E-state index is 0.00788. The average molecular weight is 403 g/mol. The second kappa shape index (κ2) is 9.15. The summed E-state index contributed by atoms with van der Waals surface area (Å²) in [5.74, 6) is -0.0669. The highest BCUT2D eigenvalue weighted by molar-refractivity contribution is 5.80. The van der Waals surface area contributed by atoms with Gasteiger partial charge in [0.05, 0.1) is 12.8 Å². The number of nitrogens with one attached hydrogen (secondary N) is 1. The van der Waals surface area contributed by atoms with Crippen LogP contribution in [0.3, 0.4) is 0 Å². The molecule has 2 aliphatic heterocycles. The molecule has 158 valence electrons. The van der Waals surface area contributed by atoms with Crippen molar-refractivity contribution in [3.63, 3.8) is 0 Å². The average Bonchev–Trinajstić information content (AvgIpc) is 3.12. The van der Waals surface area contributed by atoms with Gasteiger partial charge in [-0.1, -0.05) is 12.1 Å². The fourth-order valence-corrected chi connectivity index (χ4v) is 4.21. The first-order valence-corrected chi connectivity index (χ1v) is 10.1. The number of aliphatic carboxylic acids is 1. The van der Waals surface area contributed by atoms with Gasteiger partial charge in [0.15, 0.2) is 0 Å². The summed E-state index contributed by atoms with van der Waals surface area (Å²) in [7, 11) is 1.65. The normalized spacial score (nSPS) is 21.8. The van der Waals surface area contributed by atoms with Crippen LogP contribution in [0.15, 0.2) is 24.3 Å². The lowest BCUT2D eigenvalue weighted by atomic mass is 9.86. The van der Waals surface area contributed by atoms with Gasteiger partial charge < -0.3 is 25.0 Å². The third kappa shape index (κ3) is 5.19. The first-order valence-electron chi connectivity index (χ1n) is 10.1. The van der Waals surface area contributed by atoms with Crippen LogP contribution in [0.1, 0.15) is 38.5 Å². The zero-order valence-corrected chi connectivity index (χ0v) is 16.9. The number of hydrogen-bond acceptors (Lipinski definition) is 5. The molecule has 8 heteroatoms. The van der Waals surface area contributed by atoms with Gasteiger partial charge in [0, 0.05) is 51.0 Å². The molecule has 3 rings (SSSR count). The van der Waals surface area contributed by atoms with E-state index in [0.29, 0.717) is 45.2 Å². The van der Waals surface area contributed by atoms with Crippen molar-refractivity contribution < 1.29 is 24.2 Å². The number of para-hydroxylation sites is 2. The van der Waals surface area contributed by atoms with Gasteiger partial charge in [0.2, 0.25) is 11.8 Å². The van der Waals surface area contributed by atoms with Crippen LogP contribution in [0.25, 0.3) is 0 Å². The number of piperazine rings is 1. The summed E-state index contributed by atoms with van der Waals surface area (Å²) in [6.07, 6.45) is 2.14. The summed E-state index contributed by atoms with van der Waals surface area (Å²) >= 11 is 0. The maximum Gasteiger partial charge on any atom is 0.303 e. The number of ether oxygens (including phenoxy) is 1. The van der Waals surface area contributed by atoms with E-state index in [1.165, 1.54) is 0 Å². The smallest absolute Gasteiger partial charge is 0.303 e. The van der Waals surface area contributed by atoms with Gasteiger partial charge in [-0.2, -0.15) is 0 Å². The molecule has 1 aromatic rings. The molecule has 2 aliphatic rings. The van der Waals surface area contributed by atoms with E-state index in [0.717, 1.165) is 24.5 Å². The van der Waals surface area contributed by atoms with Crippen LogP contribution >= 0.6 is 0 Å². The lowest BCUT2D eigenvalue weighted by molar-refractivity contribution is -0.137. The van der Waals surface area contributed by atoms with Gasteiger partial charge in [-0.15, -0.1) is 0 Å². The summed E-state index contributed by atoms with van der Waals surface area (Å²) < 4.78 is 5.43. The van der Waals surface area contributed by atoms with Gasteiger partial charge in [-0.05, 0) is 31.4 Å². The molecule has 1 atom stereocenters. The van der Waals surface area contributed by atoms with Crippen molar-refractivity contribution >= 4 is 23.5 Å². The third-order valence-corrected chi connectivity index (χ3v) is 5.93. The van der Waals surface area contributed by atoms with Crippen LogP contribution < -0.4 is 15.0 Å². The van der Waals surface area contributed by atoms with E-state index in [-0.39, 0.29) is 18.2 Å². The number of carbonyl (C=O) groups excluding carboxylic acids is 2. The van der Waals surface area contributed by atoms with E-state index in [1.807, 2.05) is 29.2 Å². The van der Waals surface area contributed by atoms with Crippen molar-refractivity contribution in [3.8, 4) is 5.75 Å². The monoisotopic (exact) mass is 403 g/mol. The lowest BCUT2D eigenvalue weighted by Gasteiger charge is -2.37. The van der Waals surface area contributed by atoms with E-state index in [1.54, 1.807) is 7.11 Å². The first-order chi connectivity index (χ1) is 13.9. The molecule has 0 aliphatic carbocycles. The van der Waals surface area contributed by atoms with E-state index in [4.69, 9.17) is 9.84 Å². The summed E-state index contributed by atoms with van der Waals surface area (Å²) in [6, 6.07) is 7.86. The number of carbonyl (C=O) groups is 3. The van der Waals surface area contributed by atoms with E-state index in [9.17, 15) is 14.4 Å². The Bertz CT molecular complexity index is 760. The molecule has 2 heterocycles. The van der Waals surface area contributed by atoms with Crippen molar-refractivity contribution in [3.05, 3.63) is 24.3 Å². The SMILES string of the molecule is COc1ccccc1N1CCN(C(=O)CC[C@]2(CCC(=O)O)CCC(=O)N2)CC1. The first kappa shape index (κ1) is 21.0. The summed E-state index contributed by atoms with van der Waals surface area (Å²) in [5, 5.41) is 11.9. The van der Waals surface area contributed by atoms with Crippen LogP contribution in [0.4, 0.5) is 5.69 Å². The van der Waals surface area contributed by atoms with Crippen molar-refractivity contribution in [1.82, 2.24) is 10.2 Å². The number of amides is 2. The minimum Gasteiger partial charge on any atom is -0.495 e. The predicted molar refractivity (Wildman–Crippen MR) is 108 cm³/mol. The summed E-state index contributed by atoms with van der Waals surface area (Å²) in [6.45, 7) is 2.72. The molecule has 2 N–H and O–H groups in total. The van der Waals surface area contributed by atoms with Gasteiger partial charge in [-0.3, -0.25) is 14.4 Å². The second-order valence-electron chi connectivity index (χ2n) is 7.76. The number of carboxylic acid groups (broad SMARTS) is 1. The molecule has 2 fully saturated rings. The van der Waals surface area contributed by atoms with Crippen LogP contribution in [0.5, 0.6) is 5.75 Å². The lowest BCUT2D eigenvalue weighted by Crippen LogP contribution is -2.49. The highest BCUT2D eigenvalue weighted by atomic mass is 16.5. The third-order valence-electron chi connectivity index (χ3n) is 5.93. The van der Waals surface area contributed by atoms with Gasteiger partial charge in [-0.25, -0.2) is 0 Å². The number of hydrogen-bond donors (Lipinski definition) is 2. The molecule has 0 spiro atoms. The van der Waals surface area contributed by atoms with Crippen LogP contribution in [0.2, 0.25) is 0 Å². The fraction of sp³-hybridized carbons (Fsp3) is 0.571. The molecule has 0 aromatic heterocycles. The summed E-state index contributed by atoms with van der Waals surface area (Å²) in [4.78, 5) is 39.5. The Morgan fingerprint density at radius 3 is 2.45 bits per heavy atom. The Morgan fingerprint density at radius 2 is 1.83 bits per heavy atom. The Balaban J connectivity index is 1.52. The highest BCUT2D eigenvalue weighted by Crippen LogP contribution is 2.31. The Morgan fingerprint density at radius 1 is 1.14 bits per heavy atom. The maximum absolute atomic E-state index is 12.7. The van der Waals surface area contributed by atoms with Gasteiger partial charge in [0.25, 0.3) is 0 Å². The van der Waals surface area contributed by atoms with Crippen LogP contribution in [-0.4, -0.2) is 66.6 Å². The maximum atomic E-state index is 12.7. The Hall–Kier alpha value is -2.77. The Kier molecular flexibility index (Phi) is 6.61. The second-order valence-corrected chi connectivity index (χ2v) is 7.76. The predicted octanol–water partition coefficient (Wildman–Crippen LogP) is 1.64. The molecular formula is C21H29N3O5. The van der Waals surface area contributed by atoms with Gasteiger partial charge >= 0.3 is 5.97 Å². The van der Waals surface area contributed by atoms with Gasteiger partial charge in [0.1, 0.15) is 5.75 Å². The zero-order chi connectivity index (χ0) is 20.9. The number of carboxylic acids is 1. The number of benzene rings is 1. The molecular weight excluding hydrogens is 374 g/mol. The molecule has 29 heavy (non-hydrogen) atoms. The van der Waals surface area contributed by atoms with Crippen LogP contribution in [-0.2, 0) is 14.4 Å². The highest BCUT2D eigenvalue weighted by Gasteiger charge is 2.38. The molecule has 2 saturated heterocycles.